The number of fused-ring (bicyclic) bond motifs is 1. The molecule has 5 heteroatoms. The predicted molar refractivity (Wildman–Crippen MR) is 111 cm³/mol. The highest BCUT2D eigenvalue weighted by Crippen LogP contribution is 2.17. The van der Waals surface area contributed by atoms with Gasteiger partial charge in [-0.3, -0.25) is 4.79 Å². The van der Waals surface area contributed by atoms with Crippen LogP contribution in [0.2, 0.25) is 0 Å². The number of nitrogens with one attached hydrogen (secondary N) is 2. The normalized spacial score (nSPS) is 14.6. The summed E-state index contributed by atoms with van der Waals surface area (Å²) in [5, 5.41) is 8.20. The maximum Gasteiger partial charge on any atom is 0.321 e. The number of carbonyl (C=O) groups is 2. The van der Waals surface area contributed by atoms with E-state index in [2.05, 4.69) is 10.6 Å². The number of hydrogen-bond donors (Lipinski definition) is 2. The molecule has 0 unspecified atom stereocenters. The van der Waals surface area contributed by atoms with Gasteiger partial charge in [-0.15, -0.1) is 0 Å². The van der Waals surface area contributed by atoms with Gasteiger partial charge in [0.05, 0.1) is 0 Å². The molecule has 1 saturated heterocycles. The van der Waals surface area contributed by atoms with Crippen molar-refractivity contribution >= 4 is 28.4 Å². The lowest BCUT2D eigenvalue weighted by atomic mass is 10.0. The summed E-state index contributed by atoms with van der Waals surface area (Å²) >= 11 is 0. The Morgan fingerprint density at radius 2 is 1.50 bits per heavy atom. The number of hydrogen-bond acceptors (Lipinski definition) is 2. The molecule has 4 rings (SSSR count). The van der Waals surface area contributed by atoms with Gasteiger partial charge in [-0.1, -0.05) is 48.5 Å². The fraction of sp³-hybridized carbons (Fsp3) is 0.217. The van der Waals surface area contributed by atoms with Gasteiger partial charge >= 0.3 is 6.03 Å². The lowest BCUT2D eigenvalue weighted by Crippen LogP contribution is -2.47. The number of piperidine rings is 1. The molecule has 0 spiro atoms. The summed E-state index contributed by atoms with van der Waals surface area (Å²) in [5.41, 5.74) is 1.46. The molecular formula is C23H23N3O2. The van der Waals surface area contributed by atoms with Crippen LogP contribution in [0.5, 0.6) is 0 Å². The molecule has 0 radical (unpaired) electrons. The van der Waals surface area contributed by atoms with Gasteiger partial charge < -0.3 is 15.5 Å². The fourth-order valence-electron chi connectivity index (χ4n) is 3.55. The summed E-state index contributed by atoms with van der Waals surface area (Å²) < 4.78 is 0. The van der Waals surface area contributed by atoms with Crippen LogP contribution in [-0.2, 0) is 0 Å². The molecule has 0 saturated carbocycles. The Bertz CT molecular complexity index is 979. The van der Waals surface area contributed by atoms with Crippen molar-refractivity contribution in [2.45, 2.75) is 18.9 Å². The van der Waals surface area contributed by atoms with E-state index in [-0.39, 0.29) is 18.0 Å². The second kappa shape index (κ2) is 8.13. The topological polar surface area (TPSA) is 61.4 Å². The van der Waals surface area contributed by atoms with Gasteiger partial charge in [0.2, 0.25) is 0 Å². The molecule has 0 atom stereocenters. The number of benzene rings is 3. The third-order valence-electron chi connectivity index (χ3n) is 5.15. The average molecular weight is 373 g/mol. The molecule has 3 aromatic carbocycles. The van der Waals surface area contributed by atoms with E-state index in [1.807, 2.05) is 72.8 Å². The zero-order valence-electron chi connectivity index (χ0n) is 15.6. The van der Waals surface area contributed by atoms with Gasteiger partial charge in [-0.25, -0.2) is 4.79 Å². The average Bonchev–Trinajstić information content (AvgIpc) is 2.74. The molecule has 1 aliphatic rings. The summed E-state index contributed by atoms with van der Waals surface area (Å²) in [4.78, 5) is 26.8. The predicted octanol–water partition coefficient (Wildman–Crippen LogP) is 4.27. The number of nitrogens with zero attached hydrogens (tertiary/aromatic N) is 1. The monoisotopic (exact) mass is 373 g/mol. The lowest BCUT2D eigenvalue weighted by Gasteiger charge is -2.32. The highest BCUT2D eigenvalue weighted by Gasteiger charge is 2.24. The van der Waals surface area contributed by atoms with Gasteiger partial charge in [0.1, 0.15) is 0 Å². The van der Waals surface area contributed by atoms with Gasteiger partial charge in [0.25, 0.3) is 5.91 Å². The van der Waals surface area contributed by atoms with E-state index >= 15 is 0 Å². The van der Waals surface area contributed by atoms with E-state index in [1.54, 1.807) is 4.90 Å². The molecule has 0 aliphatic carbocycles. The van der Waals surface area contributed by atoms with E-state index < -0.39 is 0 Å². The summed E-state index contributed by atoms with van der Waals surface area (Å²) in [5.74, 6) is -0.0575. The number of likely N-dealkylation sites (tertiary alicyclic amines) is 1. The highest BCUT2D eigenvalue weighted by molar-refractivity contribution is 5.98. The zero-order valence-corrected chi connectivity index (χ0v) is 15.6. The van der Waals surface area contributed by atoms with Gasteiger partial charge in [-0.05, 0) is 47.9 Å². The lowest BCUT2D eigenvalue weighted by molar-refractivity contribution is 0.0919. The van der Waals surface area contributed by atoms with Crippen molar-refractivity contribution in [2.24, 2.45) is 0 Å². The summed E-state index contributed by atoms with van der Waals surface area (Å²) in [6, 6.07) is 23.2. The Hall–Kier alpha value is -3.34. The third-order valence-corrected chi connectivity index (χ3v) is 5.15. The minimum atomic E-state index is -0.0921. The molecule has 1 aliphatic heterocycles. The first-order valence-corrected chi connectivity index (χ1v) is 9.60. The SMILES string of the molecule is O=C(NC1CCN(C(=O)Nc2ccccc2)CC1)c1ccc2ccccc2c1. The maximum atomic E-state index is 12.6. The summed E-state index contributed by atoms with van der Waals surface area (Å²) in [7, 11) is 0. The molecule has 2 N–H and O–H groups in total. The van der Waals surface area contributed by atoms with Crippen LogP contribution >= 0.6 is 0 Å². The van der Waals surface area contributed by atoms with Crippen molar-refractivity contribution < 1.29 is 9.59 Å². The first-order chi connectivity index (χ1) is 13.7. The smallest absolute Gasteiger partial charge is 0.321 e. The molecule has 28 heavy (non-hydrogen) atoms. The Morgan fingerprint density at radius 1 is 0.821 bits per heavy atom. The first kappa shape index (κ1) is 18.0. The molecule has 3 aromatic rings. The van der Waals surface area contributed by atoms with E-state index in [0.717, 1.165) is 29.3 Å². The molecule has 142 valence electrons. The van der Waals surface area contributed by atoms with Gasteiger partial charge in [0, 0.05) is 30.4 Å². The zero-order chi connectivity index (χ0) is 19.3. The van der Waals surface area contributed by atoms with Crippen LogP contribution in [0.25, 0.3) is 10.8 Å². The molecule has 0 bridgehead atoms. The van der Waals surface area contributed by atoms with Crippen LogP contribution in [0.3, 0.4) is 0 Å². The van der Waals surface area contributed by atoms with Crippen LogP contribution in [0.1, 0.15) is 23.2 Å². The van der Waals surface area contributed by atoms with Crippen LogP contribution in [-0.4, -0.2) is 36.0 Å². The van der Waals surface area contributed by atoms with Gasteiger partial charge in [0.15, 0.2) is 0 Å². The van der Waals surface area contributed by atoms with Gasteiger partial charge in [-0.2, -0.15) is 0 Å². The van der Waals surface area contributed by atoms with Crippen LogP contribution in [0.15, 0.2) is 72.8 Å². The fourth-order valence-corrected chi connectivity index (χ4v) is 3.55. The number of rotatable bonds is 3. The van der Waals surface area contributed by atoms with Crippen LogP contribution < -0.4 is 10.6 Å². The second-order valence-electron chi connectivity index (χ2n) is 7.09. The quantitative estimate of drug-likeness (QED) is 0.720. The Kier molecular flexibility index (Phi) is 5.24. The van der Waals surface area contributed by atoms with Crippen molar-refractivity contribution in [3.8, 4) is 0 Å². The molecule has 0 aromatic heterocycles. The Balaban J connectivity index is 1.31. The minimum Gasteiger partial charge on any atom is -0.349 e. The van der Waals surface area contributed by atoms with Crippen LogP contribution in [0, 0.1) is 0 Å². The summed E-state index contributed by atoms with van der Waals surface area (Å²) in [6.45, 7) is 1.25. The largest absolute Gasteiger partial charge is 0.349 e. The number of urea groups is 1. The first-order valence-electron chi connectivity index (χ1n) is 9.60. The van der Waals surface area contributed by atoms with E-state index in [1.165, 1.54) is 0 Å². The Morgan fingerprint density at radius 3 is 2.25 bits per heavy atom. The molecule has 3 amide bonds. The number of amides is 3. The van der Waals surface area contributed by atoms with Crippen molar-refractivity contribution in [3.63, 3.8) is 0 Å². The number of para-hydroxylation sites is 1. The van der Waals surface area contributed by atoms with E-state index in [0.29, 0.717) is 18.7 Å². The van der Waals surface area contributed by atoms with E-state index in [9.17, 15) is 9.59 Å². The summed E-state index contributed by atoms with van der Waals surface area (Å²) in [6.07, 6.45) is 1.50. The maximum absolute atomic E-state index is 12.6. The minimum absolute atomic E-state index is 0.0575. The van der Waals surface area contributed by atoms with E-state index in [4.69, 9.17) is 0 Å². The molecular weight excluding hydrogens is 350 g/mol. The number of anilines is 1. The second-order valence-corrected chi connectivity index (χ2v) is 7.09. The third kappa shape index (κ3) is 4.14. The van der Waals surface area contributed by atoms with Crippen molar-refractivity contribution in [2.75, 3.05) is 18.4 Å². The van der Waals surface area contributed by atoms with Crippen molar-refractivity contribution in [1.29, 1.82) is 0 Å². The van der Waals surface area contributed by atoms with Crippen LogP contribution in [0.4, 0.5) is 10.5 Å². The van der Waals surface area contributed by atoms with Crippen molar-refractivity contribution in [3.05, 3.63) is 78.4 Å². The van der Waals surface area contributed by atoms with Crippen molar-refractivity contribution in [1.82, 2.24) is 10.2 Å². The molecule has 5 nitrogen and oxygen atoms in total. The highest BCUT2D eigenvalue weighted by atomic mass is 16.2. The Labute approximate surface area is 164 Å². The molecule has 1 heterocycles. The molecule has 1 fully saturated rings. The standard InChI is InChI=1S/C23H23N3O2/c27-22(19-11-10-17-6-4-5-7-18(17)16-19)24-21-12-14-26(15-13-21)23(28)25-20-8-2-1-3-9-20/h1-11,16,21H,12-15H2,(H,24,27)(H,25,28). The number of carbonyl (C=O) groups excluding carboxylic acids is 2.